The first-order chi connectivity index (χ1) is 7.58. The number of hydrogen-bond acceptors (Lipinski definition) is 3. The molecule has 1 rings (SSSR count). The third-order valence-corrected chi connectivity index (χ3v) is 2.29. The Kier molecular flexibility index (Phi) is 4.99. The predicted molar refractivity (Wildman–Crippen MR) is 64.6 cm³/mol. The molecular weight excluding hydrogens is 202 g/mol. The van der Waals surface area contributed by atoms with Crippen LogP contribution in [-0.4, -0.2) is 23.5 Å². The van der Waals surface area contributed by atoms with E-state index in [-0.39, 0.29) is 11.5 Å². The molecule has 0 aromatic heterocycles. The third-order valence-electron chi connectivity index (χ3n) is 2.29. The van der Waals surface area contributed by atoms with Crippen LogP contribution < -0.4 is 5.32 Å². The number of benzene rings is 1. The summed E-state index contributed by atoms with van der Waals surface area (Å²) in [4.78, 5) is 11.6. The second kappa shape index (κ2) is 6.28. The summed E-state index contributed by atoms with van der Waals surface area (Å²) in [6.07, 6.45) is 0.999. The highest BCUT2D eigenvalue weighted by molar-refractivity contribution is 5.81. The lowest BCUT2D eigenvalue weighted by Crippen LogP contribution is -2.25. The summed E-state index contributed by atoms with van der Waals surface area (Å²) in [7, 11) is 0. The average Bonchev–Trinajstić information content (AvgIpc) is 2.21. The normalized spacial score (nSPS) is 10.7. The number of aromatic hydroxyl groups is 1. The number of phenols is 1. The number of carbonyl (C=O) groups excluding carboxylic acids is 1. The van der Waals surface area contributed by atoms with E-state index in [2.05, 4.69) is 19.2 Å². The van der Waals surface area contributed by atoms with E-state index in [1.165, 1.54) is 0 Å². The molecule has 1 aromatic carbocycles. The van der Waals surface area contributed by atoms with Crippen molar-refractivity contribution in [3.63, 3.8) is 0 Å². The minimum absolute atomic E-state index is 0.221. The van der Waals surface area contributed by atoms with Crippen LogP contribution in [0.5, 0.6) is 5.75 Å². The second-order valence-corrected chi connectivity index (χ2v) is 4.24. The molecule has 88 valence electrons. The predicted octanol–water partition coefficient (Wildman–Crippen LogP) is 1.89. The number of Topliss-reactive ketones (excluding diaryl/α,β-unsaturated/α-hetero) is 1. The molecule has 0 unspecified atom stereocenters. The standard InChI is InChI=1S/C13H19NO2/c1-10(2)14-8-7-13(16)9-11-3-5-12(15)6-4-11/h3-6,10,14-15H,7-9H2,1-2H3. The molecular formula is C13H19NO2. The van der Waals surface area contributed by atoms with Gasteiger partial charge in [0.25, 0.3) is 0 Å². The summed E-state index contributed by atoms with van der Waals surface area (Å²) in [6.45, 7) is 4.85. The third kappa shape index (κ3) is 4.94. The molecule has 0 radical (unpaired) electrons. The molecule has 0 aliphatic heterocycles. The molecule has 0 aliphatic rings. The highest BCUT2D eigenvalue weighted by atomic mass is 16.3. The van der Waals surface area contributed by atoms with E-state index in [0.717, 1.165) is 12.1 Å². The Morgan fingerprint density at radius 1 is 1.31 bits per heavy atom. The van der Waals surface area contributed by atoms with E-state index < -0.39 is 0 Å². The molecule has 0 spiro atoms. The van der Waals surface area contributed by atoms with Gasteiger partial charge >= 0.3 is 0 Å². The van der Waals surface area contributed by atoms with Gasteiger partial charge in [-0.25, -0.2) is 0 Å². The van der Waals surface area contributed by atoms with Gasteiger partial charge in [-0.05, 0) is 17.7 Å². The average molecular weight is 221 g/mol. The topological polar surface area (TPSA) is 49.3 Å². The monoisotopic (exact) mass is 221 g/mol. The van der Waals surface area contributed by atoms with Crippen molar-refractivity contribution in [3.8, 4) is 5.75 Å². The molecule has 2 N–H and O–H groups in total. The lowest BCUT2D eigenvalue weighted by Gasteiger charge is -2.07. The molecule has 0 amide bonds. The fourth-order valence-corrected chi connectivity index (χ4v) is 1.43. The van der Waals surface area contributed by atoms with Gasteiger partial charge in [0.1, 0.15) is 11.5 Å². The van der Waals surface area contributed by atoms with Crippen molar-refractivity contribution >= 4 is 5.78 Å². The van der Waals surface area contributed by atoms with Crippen LogP contribution in [0.4, 0.5) is 0 Å². The summed E-state index contributed by atoms with van der Waals surface area (Å²) < 4.78 is 0. The molecule has 0 fully saturated rings. The van der Waals surface area contributed by atoms with Crippen molar-refractivity contribution in [2.24, 2.45) is 0 Å². The van der Waals surface area contributed by atoms with Crippen LogP contribution in [0.25, 0.3) is 0 Å². The first-order valence-electron chi connectivity index (χ1n) is 5.61. The molecule has 0 aliphatic carbocycles. The van der Waals surface area contributed by atoms with E-state index in [1.807, 2.05) is 0 Å². The van der Waals surface area contributed by atoms with Gasteiger partial charge in [-0.2, -0.15) is 0 Å². The van der Waals surface area contributed by atoms with E-state index >= 15 is 0 Å². The number of ketones is 1. The van der Waals surface area contributed by atoms with Gasteiger partial charge in [-0.15, -0.1) is 0 Å². The van der Waals surface area contributed by atoms with E-state index in [0.29, 0.717) is 18.9 Å². The van der Waals surface area contributed by atoms with Gasteiger partial charge < -0.3 is 10.4 Å². The molecule has 16 heavy (non-hydrogen) atoms. The minimum atomic E-state index is 0.221. The molecule has 0 atom stereocenters. The zero-order valence-corrected chi connectivity index (χ0v) is 9.86. The first-order valence-corrected chi connectivity index (χ1v) is 5.61. The number of carbonyl (C=O) groups is 1. The molecule has 0 bridgehead atoms. The van der Waals surface area contributed by atoms with Gasteiger partial charge in [-0.3, -0.25) is 4.79 Å². The van der Waals surface area contributed by atoms with E-state index in [1.54, 1.807) is 24.3 Å². The Labute approximate surface area is 96.5 Å². The Morgan fingerprint density at radius 3 is 2.50 bits per heavy atom. The molecule has 0 heterocycles. The SMILES string of the molecule is CC(C)NCCC(=O)Cc1ccc(O)cc1. The van der Waals surface area contributed by atoms with Crippen LogP contribution in [0.15, 0.2) is 24.3 Å². The Hall–Kier alpha value is -1.35. The number of nitrogens with one attached hydrogen (secondary N) is 1. The smallest absolute Gasteiger partial charge is 0.138 e. The van der Waals surface area contributed by atoms with Gasteiger partial charge in [0.2, 0.25) is 0 Å². The van der Waals surface area contributed by atoms with Crippen LogP contribution >= 0.6 is 0 Å². The Balaban J connectivity index is 2.31. The summed E-state index contributed by atoms with van der Waals surface area (Å²) in [6, 6.07) is 7.19. The van der Waals surface area contributed by atoms with Gasteiger partial charge in [0.05, 0.1) is 0 Å². The quantitative estimate of drug-likeness (QED) is 0.771. The molecule has 0 saturated heterocycles. The fraction of sp³-hybridized carbons (Fsp3) is 0.462. The summed E-state index contributed by atoms with van der Waals surface area (Å²) in [5, 5.41) is 12.3. The summed E-state index contributed by atoms with van der Waals surface area (Å²) in [5.74, 6) is 0.455. The number of hydrogen-bond donors (Lipinski definition) is 2. The van der Waals surface area contributed by atoms with Crippen molar-refractivity contribution in [1.82, 2.24) is 5.32 Å². The van der Waals surface area contributed by atoms with Crippen molar-refractivity contribution in [1.29, 1.82) is 0 Å². The summed E-state index contributed by atoms with van der Waals surface area (Å²) >= 11 is 0. The lowest BCUT2D eigenvalue weighted by molar-refractivity contribution is -0.118. The minimum Gasteiger partial charge on any atom is -0.508 e. The van der Waals surface area contributed by atoms with Crippen LogP contribution in [-0.2, 0) is 11.2 Å². The lowest BCUT2D eigenvalue weighted by atomic mass is 10.1. The van der Waals surface area contributed by atoms with Crippen LogP contribution in [0.3, 0.4) is 0 Å². The van der Waals surface area contributed by atoms with Crippen molar-refractivity contribution in [2.45, 2.75) is 32.7 Å². The van der Waals surface area contributed by atoms with Crippen LogP contribution in [0.2, 0.25) is 0 Å². The highest BCUT2D eigenvalue weighted by Gasteiger charge is 2.04. The zero-order valence-electron chi connectivity index (χ0n) is 9.86. The zero-order chi connectivity index (χ0) is 12.0. The maximum atomic E-state index is 11.6. The maximum Gasteiger partial charge on any atom is 0.138 e. The van der Waals surface area contributed by atoms with E-state index in [4.69, 9.17) is 5.11 Å². The first kappa shape index (κ1) is 12.7. The summed E-state index contributed by atoms with van der Waals surface area (Å²) in [5.41, 5.74) is 0.951. The van der Waals surface area contributed by atoms with Crippen molar-refractivity contribution < 1.29 is 9.90 Å². The largest absolute Gasteiger partial charge is 0.508 e. The number of rotatable bonds is 6. The van der Waals surface area contributed by atoms with Gasteiger partial charge in [0.15, 0.2) is 0 Å². The van der Waals surface area contributed by atoms with Crippen molar-refractivity contribution in [3.05, 3.63) is 29.8 Å². The van der Waals surface area contributed by atoms with E-state index in [9.17, 15) is 4.79 Å². The fourth-order valence-electron chi connectivity index (χ4n) is 1.43. The molecule has 0 saturated carbocycles. The maximum absolute atomic E-state index is 11.6. The molecule has 3 nitrogen and oxygen atoms in total. The highest BCUT2D eigenvalue weighted by Crippen LogP contribution is 2.10. The molecule has 1 aromatic rings. The molecule has 3 heteroatoms. The second-order valence-electron chi connectivity index (χ2n) is 4.24. The van der Waals surface area contributed by atoms with Crippen molar-refractivity contribution in [2.75, 3.05) is 6.54 Å². The number of phenolic OH excluding ortho intramolecular Hbond substituents is 1. The Bertz CT molecular complexity index is 330. The van der Waals surface area contributed by atoms with Crippen LogP contribution in [0.1, 0.15) is 25.8 Å². The van der Waals surface area contributed by atoms with Gasteiger partial charge in [-0.1, -0.05) is 26.0 Å². The van der Waals surface area contributed by atoms with Gasteiger partial charge in [0, 0.05) is 25.4 Å². The Morgan fingerprint density at radius 2 is 1.94 bits per heavy atom. The van der Waals surface area contributed by atoms with Crippen LogP contribution in [0, 0.1) is 0 Å².